The van der Waals surface area contributed by atoms with Crippen LogP contribution in [-0.2, 0) is 0 Å². The van der Waals surface area contributed by atoms with Gasteiger partial charge in [0.25, 0.3) is 0 Å². The minimum absolute atomic E-state index is 0.0525. The van der Waals surface area contributed by atoms with Crippen LogP contribution in [0.25, 0.3) is 0 Å². The molecule has 0 amide bonds. The Kier molecular flexibility index (Phi) is 6.89. The van der Waals surface area contributed by atoms with Gasteiger partial charge in [-0.05, 0) is 26.0 Å². The molecule has 0 radical (unpaired) electrons. The zero-order chi connectivity index (χ0) is 17.6. The van der Waals surface area contributed by atoms with Crippen LogP contribution in [0.15, 0.2) is 36.4 Å². The Hall–Kier alpha value is -2.22. The van der Waals surface area contributed by atoms with Gasteiger partial charge >= 0.3 is 0 Å². The van der Waals surface area contributed by atoms with Crippen molar-refractivity contribution in [2.24, 2.45) is 0 Å². The molecular weight excluding hydrogens is 284 g/mol. The number of fused-ring (bicyclic) bond motifs is 2. The molecule has 0 unspecified atom stereocenters. The van der Waals surface area contributed by atoms with Crippen molar-refractivity contribution in [3.05, 3.63) is 69.8 Å². The molecule has 0 fully saturated rings. The number of carbonyl (C=O) groups is 2. The maximum atomic E-state index is 12.4. The Morgan fingerprint density at radius 2 is 0.957 bits per heavy atom. The summed E-state index contributed by atoms with van der Waals surface area (Å²) in [7, 11) is 0. The summed E-state index contributed by atoms with van der Waals surface area (Å²) in [5.74, 6) is -0.105. The van der Waals surface area contributed by atoms with Crippen LogP contribution in [0.3, 0.4) is 0 Å². The molecule has 0 heterocycles. The molecule has 122 valence electrons. The van der Waals surface area contributed by atoms with Crippen molar-refractivity contribution < 1.29 is 9.59 Å². The standard InChI is InChI=1S/C16H12O2.C3H8.C2H6/c1-9-3-5-11-13(7-9)15(17)12-6-4-10(2)8-14(12)16(11)18;1-3-2;1-2/h3-8H,1-2H3;3H2,1-2H3;1-2H3. The first-order valence-corrected chi connectivity index (χ1v) is 8.30. The van der Waals surface area contributed by atoms with Crippen molar-refractivity contribution in [2.45, 2.75) is 48.0 Å². The van der Waals surface area contributed by atoms with E-state index in [0.717, 1.165) is 11.1 Å². The van der Waals surface area contributed by atoms with Gasteiger partial charge in [-0.1, -0.05) is 69.5 Å². The molecule has 0 spiro atoms. The first-order valence-electron chi connectivity index (χ1n) is 8.30. The maximum absolute atomic E-state index is 12.4. The lowest BCUT2D eigenvalue weighted by atomic mass is 9.83. The van der Waals surface area contributed by atoms with E-state index in [2.05, 4.69) is 13.8 Å². The van der Waals surface area contributed by atoms with Crippen LogP contribution < -0.4 is 0 Å². The lowest BCUT2D eigenvalue weighted by Crippen LogP contribution is -2.21. The number of aryl methyl sites for hydroxylation is 2. The molecule has 0 aromatic heterocycles. The highest BCUT2D eigenvalue weighted by Crippen LogP contribution is 2.28. The molecule has 3 rings (SSSR count). The normalized spacial score (nSPS) is 11.4. The van der Waals surface area contributed by atoms with Crippen LogP contribution in [0.4, 0.5) is 0 Å². The Labute approximate surface area is 139 Å². The van der Waals surface area contributed by atoms with Gasteiger partial charge in [0, 0.05) is 22.3 Å². The van der Waals surface area contributed by atoms with Gasteiger partial charge in [0.15, 0.2) is 11.6 Å². The van der Waals surface area contributed by atoms with Gasteiger partial charge in [-0.2, -0.15) is 0 Å². The molecule has 2 nitrogen and oxygen atoms in total. The van der Waals surface area contributed by atoms with E-state index in [1.807, 2.05) is 39.8 Å². The van der Waals surface area contributed by atoms with Crippen molar-refractivity contribution >= 4 is 11.6 Å². The van der Waals surface area contributed by atoms with Gasteiger partial charge in [0.2, 0.25) is 0 Å². The molecule has 0 saturated heterocycles. The van der Waals surface area contributed by atoms with Crippen molar-refractivity contribution in [2.75, 3.05) is 0 Å². The summed E-state index contributed by atoms with van der Waals surface area (Å²) in [6, 6.07) is 10.8. The monoisotopic (exact) mass is 310 g/mol. The zero-order valence-electron chi connectivity index (χ0n) is 15.0. The quantitative estimate of drug-likeness (QED) is 0.547. The number of ketones is 2. The molecule has 0 atom stereocenters. The fourth-order valence-corrected chi connectivity index (χ4v) is 2.38. The summed E-state index contributed by atoms with van der Waals surface area (Å²) in [5.41, 5.74) is 4.07. The number of benzene rings is 2. The van der Waals surface area contributed by atoms with Crippen molar-refractivity contribution in [3.8, 4) is 0 Å². The van der Waals surface area contributed by atoms with Crippen LogP contribution >= 0.6 is 0 Å². The van der Waals surface area contributed by atoms with E-state index in [4.69, 9.17) is 0 Å². The molecule has 1 aliphatic rings. The smallest absolute Gasteiger partial charge is 0.194 e. The lowest BCUT2D eigenvalue weighted by Gasteiger charge is -2.18. The van der Waals surface area contributed by atoms with Gasteiger partial charge in [0.1, 0.15) is 0 Å². The molecule has 1 aliphatic carbocycles. The van der Waals surface area contributed by atoms with Crippen LogP contribution in [0.2, 0.25) is 0 Å². The van der Waals surface area contributed by atoms with Crippen LogP contribution in [0, 0.1) is 13.8 Å². The highest BCUT2D eigenvalue weighted by atomic mass is 16.1. The molecule has 0 bridgehead atoms. The average molecular weight is 310 g/mol. The molecular formula is C21H26O2. The predicted octanol–water partition coefficient (Wildman–Crippen LogP) is 5.52. The summed E-state index contributed by atoms with van der Waals surface area (Å²) in [5, 5.41) is 0. The highest BCUT2D eigenvalue weighted by molar-refractivity contribution is 6.28. The summed E-state index contributed by atoms with van der Waals surface area (Å²) >= 11 is 0. The molecule has 0 saturated carbocycles. The first kappa shape index (κ1) is 18.8. The predicted molar refractivity (Wildman–Crippen MR) is 96.5 cm³/mol. The molecule has 0 aliphatic heterocycles. The lowest BCUT2D eigenvalue weighted by molar-refractivity contribution is 0.0979. The van der Waals surface area contributed by atoms with E-state index in [0.29, 0.717) is 22.3 Å². The van der Waals surface area contributed by atoms with E-state index in [9.17, 15) is 9.59 Å². The first-order chi connectivity index (χ1) is 11.0. The number of hydrogen-bond donors (Lipinski definition) is 0. The fraction of sp³-hybridized carbons (Fsp3) is 0.333. The van der Waals surface area contributed by atoms with E-state index < -0.39 is 0 Å². The molecule has 0 N–H and O–H groups in total. The third kappa shape index (κ3) is 3.95. The van der Waals surface area contributed by atoms with Gasteiger partial charge in [-0.15, -0.1) is 0 Å². The second-order valence-electron chi connectivity index (χ2n) is 5.46. The second-order valence-corrected chi connectivity index (χ2v) is 5.46. The van der Waals surface area contributed by atoms with E-state index in [-0.39, 0.29) is 11.6 Å². The Balaban J connectivity index is 0.000000477. The fourth-order valence-electron chi connectivity index (χ4n) is 2.38. The summed E-state index contributed by atoms with van der Waals surface area (Å²) in [6.07, 6.45) is 1.25. The van der Waals surface area contributed by atoms with E-state index >= 15 is 0 Å². The minimum Gasteiger partial charge on any atom is -0.289 e. The zero-order valence-corrected chi connectivity index (χ0v) is 15.0. The van der Waals surface area contributed by atoms with Crippen molar-refractivity contribution in [1.29, 1.82) is 0 Å². The van der Waals surface area contributed by atoms with Crippen LogP contribution in [0.5, 0.6) is 0 Å². The van der Waals surface area contributed by atoms with Crippen LogP contribution in [0.1, 0.15) is 77.1 Å². The molecule has 23 heavy (non-hydrogen) atoms. The topological polar surface area (TPSA) is 34.1 Å². The molecule has 2 aromatic carbocycles. The van der Waals surface area contributed by atoms with E-state index in [1.165, 1.54) is 6.42 Å². The van der Waals surface area contributed by atoms with Crippen molar-refractivity contribution in [1.82, 2.24) is 0 Å². The summed E-state index contributed by atoms with van der Waals surface area (Å²) in [4.78, 5) is 24.7. The van der Waals surface area contributed by atoms with Crippen LogP contribution in [-0.4, -0.2) is 11.6 Å². The SMILES string of the molecule is CC.CCC.Cc1ccc2c(c1)C(=O)c1ccc(C)cc1C2=O. The van der Waals surface area contributed by atoms with Gasteiger partial charge in [-0.25, -0.2) is 0 Å². The summed E-state index contributed by atoms with van der Waals surface area (Å²) < 4.78 is 0. The number of hydrogen-bond acceptors (Lipinski definition) is 2. The average Bonchev–Trinajstić information content (AvgIpc) is 2.55. The third-order valence-corrected chi connectivity index (χ3v) is 3.33. The Morgan fingerprint density at radius 1 is 0.652 bits per heavy atom. The Morgan fingerprint density at radius 3 is 1.26 bits per heavy atom. The van der Waals surface area contributed by atoms with Gasteiger partial charge in [0.05, 0.1) is 0 Å². The Bertz CT molecular complexity index is 650. The molecule has 2 aromatic rings. The maximum Gasteiger partial charge on any atom is 0.194 e. The van der Waals surface area contributed by atoms with Crippen molar-refractivity contribution in [3.63, 3.8) is 0 Å². The molecule has 2 heteroatoms. The summed E-state index contributed by atoms with van der Waals surface area (Å²) in [6.45, 7) is 12.1. The van der Waals surface area contributed by atoms with Gasteiger partial charge in [-0.3, -0.25) is 9.59 Å². The van der Waals surface area contributed by atoms with E-state index in [1.54, 1.807) is 24.3 Å². The largest absolute Gasteiger partial charge is 0.289 e. The minimum atomic E-state index is -0.0525. The second kappa shape index (κ2) is 8.42. The number of rotatable bonds is 0. The third-order valence-electron chi connectivity index (χ3n) is 3.33. The van der Waals surface area contributed by atoms with Gasteiger partial charge < -0.3 is 0 Å². The highest BCUT2D eigenvalue weighted by Gasteiger charge is 2.29. The number of carbonyl (C=O) groups excluding carboxylic acids is 2.